The Balaban J connectivity index is 1.60. The maximum Gasteiger partial charge on any atom is 0.244 e. The van der Waals surface area contributed by atoms with E-state index in [1.54, 1.807) is 31.3 Å². The average molecular weight is 469 g/mol. The van der Waals surface area contributed by atoms with E-state index in [0.29, 0.717) is 26.4 Å². The summed E-state index contributed by atoms with van der Waals surface area (Å²) in [4.78, 5) is 30.6. The molecule has 0 aliphatic carbocycles. The summed E-state index contributed by atoms with van der Waals surface area (Å²) in [5, 5.41) is 6.45. The largest absolute Gasteiger partial charge is 0.336 e. The summed E-state index contributed by atoms with van der Waals surface area (Å²) in [6.07, 6.45) is 0.0809. The molecule has 1 aromatic heterocycles. The second-order valence-electron chi connectivity index (χ2n) is 6.20. The Bertz CT molecular complexity index is 1030. The smallest absolute Gasteiger partial charge is 0.244 e. The number of para-hydroxylation sites is 1. The summed E-state index contributed by atoms with van der Waals surface area (Å²) in [7, 11) is 1.55. The van der Waals surface area contributed by atoms with Gasteiger partial charge in [-0.05, 0) is 18.2 Å². The number of amides is 2. The van der Waals surface area contributed by atoms with Gasteiger partial charge in [0.1, 0.15) is 5.01 Å². The molecule has 1 N–H and O–H groups in total. The molecule has 3 aromatic rings. The fourth-order valence-corrected chi connectivity index (χ4v) is 4.17. The Morgan fingerprint density at radius 1 is 1.03 bits per heavy atom. The minimum absolute atomic E-state index is 0.0809. The number of benzene rings is 2. The highest BCUT2D eigenvalue weighted by Gasteiger charge is 2.17. The van der Waals surface area contributed by atoms with Crippen molar-refractivity contribution in [1.29, 1.82) is 0 Å². The van der Waals surface area contributed by atoms with E-state index >= 15 is 0 Å². The van der Waals surface area contributed by atoms with Gasteiger partial charge in [0.2, 0.25) is 11.8 Å². The van der Waals surface area contributed by atoms with Crippen LogP contribution >= 0.6 is 46.1 Å². The molecule has 0 radical (unpaired) electrons. The lowest BCUT2D eigenvalue weighted by molar-refractivity contribution is -0.132. The number of likely N-dealkylation sites (N-methyl/N-ethyl adjacent to an activating group) is 1. The molecule has 0 atom stereocenters. The van der Waals surface area contributed by atoms with Crippen LogP contribution in [-0.4, -0.2) is 35.3 Å². The first-order valence-electron chi connectivity index (χ1n) is 8.52. The maximum atomic E-state index is 12.5. The second kappa shape index (κ2) is 9.59. The number of hydrogen-bond acceptors (Lipinski definition) is 4. The van der Waals surface area contributed by atoms with E-state index in [2.05, 4.69) is 10.3 Å². The standard InChI is InChI=1S/C20H16Cl3N3O2S/c1-26(10-17(27)25-19-15(22)7-4-8-16(19)23)18(28)9-12-11-29-20(24-12)13-5-2-3-6-14(13)21/h2-8,11H,9-10H2,1H3,(H,25,27). The van der Waals surface area contributed by atoms with Gasteiger partial charge < -0.3 is 10.2 Å². The van der Waals surface area contributed by atoms with Crippen LogP contribution in [-0.2, 0) is 16.0 Å². The van der Waals surface area contributed by atoms with Gasteiger partial charge in [-0.3, -0.25) is 9.59 Å². The lowest BCUT2D eigenvalue weighted by atomic mass is 10.2. The van der Waals surface area contributed by atoms with Gasteiger partial charge in [-0.25, -0.2) is 4.98 Å². The first kappa shape index (κ1) is 21.6. The molecule has 150 valence electrons. The third-order valence-corrected chi connectivity index (χ3v) is 5.91. The number of thiazole rings is 1. The summed E-state index contributed by atoms with van der Waals surface area (Å²) >= 11 is 19.7. The predicted molar refractivity (Wildman–Crippen MR) is 119 cm³/mol. The topological polar surface area (TPSA) is 62.3 Å². The molecule has 5 nitrogen and oxygen atoms in total. The molecule has 1 heterocycles. The van der Waals surface area contributed by atoms with Crippen molar-refractivity contribution in [3.63, 3.8) is 0 Å². The molecule has 0 saturated carbocycles. The zero-order valence-electron chi connectivity index (χ0n) is 15.3. The van der Waals surface area contributed by atoms with Crippen molar-refractivity contribution < 1.29 is 9.59 Å². The minimum atomic E-state index is -0.397. The number of anilines is 1. The number of rotatable bonds is 6. The Hall–Kier alpha value is -2.12. The molecule has 0 fully saturated rings. The maximum absolute atomic E-state index is 12.5. The van der Waals surface area contributed by atoms with E-state index in [4.69, 9.17) is 34.8 Å². The highest BCUT2D eigenvalue weighted by atomic mass is 35.5. The summed E-state index contributed by atoms with van der Waals surface area (Å²) in [6, 6.07) is 12.3. The van der Waals surface area contributed by atoms with E-state index in [1.807, 2.05) is 23.6 Å². The summed E-state index contributed by atoms with van der Waals surface area (Å²) in [5.74, 6) is -0.632. The lowest BCUT2D eigenvalue weighted by Crippen LogP contribution is -2.36. The Morgan fingerprint density at radius 3 is 2.38 bits per heavy atom. The van der Waals surface area contributed by atoms with E-state index in [1.165, 1.54) is 16.2 Å². The molecule has 0 unspecified atom stereocenters. The van der Waals surface area contributed by atoms with Crippen molar-refractivity contribution in [1.82, 2.24) is 9.88 Å². The zero-order chi connectivity index (χ0) is 21.0. The van der Waals surface area contributed by atoms with E-state index in [9.17, 15) is 9.59 Å². The monoisotopic (exact) mass is 467 g/mol. The number of carbonyl (C=O) groups is 2. The molecule has 0 aliphatic rings. The number of nitrogens with zero attached hydrogens (tertiary/aromatic N) is 2. The van der Waals surface area contributed by atoms with Crippen molar-refractivity contribution >= 4 is 63.6 Å². The molecule has 3 rings (SSSR count). The van der Waals surface area contributed by atoms with Gasteiger partial charge in [-0.15, -0.1) is 11.3 Å². The zero-order valence-corrected chi connectivity index (χ0v) is 18.4. The first-order chi connectivity index (χ1) is 13.8. The summed E-state index contributed by atoms with van der Waals surface area (Å²) < 4.78 is 0. The summed E-state index contributed by atoms with van der Waals surface area (Å²) in [6.45, 7) is -0.137. The van der Waals surface area contributed by atoms with Crippen LogP contribution in [0.25, 0.3) is 10.6 Å². The van der Waals surface area contributed by atoms with Gasteiger partial charge >= 0.3 is 0 Å². The number of aromatic nitrogens is 1. The quantitative estimate of drug-likeness (QED) is 0.526. The third kappa shape index (κ3) is 5.48. The van der Waals surface area contributed by atoms with Crippen LogP contribution < -0.4 is 5.32 Å². The molecular formula is C20H16Cl3N3O2S. The Labute approximate surface area is 187 Å². The van der Waals surface area contributed by atoms with E-state index in [-0.39, 0.29) is 18.9 Å². The molecular weight excluding hydrogens is 453 g/mol. The van der Waals surface area contributed by atoms with Gasteiger partial charge in [0.25, 0.3) is 0 Å². The third-order valence-electron chi connectivity index (χ3n) is 4.02. The number of halogens is 3. The van der Waals surface area contributed by atoms with Crippen LogP contribution in [0, 0.1) is 0 Å². The van der Waals surface area contributed by atoms with E-state index in [0.717, 1.165) is 10.6 Å². The molecule has 0 spiro atoms. The summed E-state index contributed by atoms with van der Waals surface area (Å²) in [5.41, 5.74) is 1.77. The molecule has 9 heteroatoms. The van der Waals surface area contributed by atoms with Gasteiger partial charge in [0, 0.05) is 18.0 Å². The minimum Gasteiger partial charge on any atom is -0.336 e. The Morgan fingerprint density at radius 2 is 1.69 bits per heavy atom. The molecule has 0 aliphatic heterocycles. The van der Waals surface area contributed by atoms with Crippen LogP contribution in [0.3, 0.4) is 0 Å². The lowest BCUT2D eigenvalue weighted by Gasteiger charge is -2.17. The average Bonchev–Trinajstić information content (AvgIpc) is 3.13. The van der Waals surface area contributed by atoms with Gasteiger partial charge in [-0.2, -0.15) is 0 Å². The number of hydrogen-bond donors (Lipinski definition) is 1. The van der Waals surface area contributed by atoms with Crippen LogP contribution in [0.2, 0.25) is 15.1 Å². The highest BCUT2D eigenvalue weighted by molar-refractivity contribution is 7.13. The number of nitrogens with one attached hydrogen (secondary N) is 1. The van der Waals surface area contributed by atoms with Gasteiger partial charge in [0.15, 0.2) is 0 Å². The van der Waals surface area contributed by atoms with Crippen LogP contribution in [0.1, 0.15) is 5.69 Å². The molecule has 0 saturated heterocycles. The van der Waals surface area contributed by atoms with Crippen LogP contribution in [0.4, 0.5) is 5.69 Å². The van der Waals surface area contributed by atoms with Crippen molar-refractivity contribution in [2.45, 2.75) is 6.42 Å². The van der Waals surface area contributed by atoms with Crippen LogP contribution in [0.15, 0.2) is 47.8 Å². The second-order valence-corrected chi connectivity index (χ2v) is 8.27. The molecule has 2 aromatic carbocycles. The fourth-order valence-electron chi connectivity index (χ4n) is 2.54. The van der Waals surface area contributed by atoms with Crippen molar-refractivity contribution in [2.24, 2.45) is 0 Å². The molecule has 29 heavy (non-hydrogen) atoms. The molecule has 2 amide bonds. The predicted octanol–water partition coefficient (Wildman–Crippen LogP) is 5.41. The van der Waals surface area contributed by atoms with Gasteiger partial charge in [-0.1, -0.05) is 59.1 Å². The first-order valence-corrected chi connectivity index (χ1v) is 10.5. The van der Waals surface area contributed by atoms with Crippen molar-refractivity contribution in [3.8, 4) is 10.6 Å². The highest BCUT2D eigenvalue weighted by Crippen LogP contribution is 2.31. The Kier molecular flexibility index (Phi) is 7.14. The van der Waals surface area contributed by atoms with E-state index < -0.39 is 5.91 Å². The fraction of sp³-hybridized carbons (Fsp3) is 0.150. The molecule has 0 bridgehead atoms. The van der Waals surface area contributed by atoms with Crippen molar-refractivity contribution in [2.75, 3.05) is 18.9 Å². The SMILES string of the molecule is CN(CC(=O)Nc1c(Cl)cccc1Cl)C(=O)Cc1csc(-c2ccccc2Cl)n1. The number of carbonyl (C=O) groups excluding carboxylic acids is 2. The van der Waals surface area contributed by atoms with Crippen molar-refractivity contribution in [3.05, 3.63) is 68.6 Å². The van der Waals surface area contributed by atoms with Gasteiger partial charge in [0.05, 0.1) is 39.4 Å². The van der Waals surface area contributed by atoms with Crippen LogP contribution in [0.5, 0.6) is 0 Å². The normalized spacial score (nSPS) is 10.6.